The molecular weight excluding hydrogens is 546 g/mol. The summed E-state index contributed by atoms with van der Waals surface area (Å²) in [6.45, 7) is 6.25. The summed E-state index contributed by atoms with van der Waals surface area (Å²) in [7, 11) is 1.60. The fourth-order valence-electron chi connectivity index (χ4n) is 5.46. The van der Waals surface area contributed by atoms with E-state index in [1.165, 1.54) is 11.3 Å². The van der Waals surface area contributed by atoms with Crippen LogP contribution in [0.4, 0.5) is 0 Å². The zero-order valence-corrected chi connectivity index (χ0v) is 24.7. The monoisotopic (exact) mass is 577 g/mol. The van der Waals surface area contributed by atoms with Crippen LogP contribution in [-0.4, -0.2) is 28.8 Å². The van der Waals surface area contributed by atoms with Gasteiger partial charge < -0.3 is 14.0 Å². The average Bonchev–Trinajstić information content (AvgIpc) is 3.54. The lowest BCUT2D eigenvalue weighted by atomic mass is 9.93. The van der Waals surface area contributed by atoms with Crippen LogP contribution in [0.2, 0.25) is 0 Å². The Balaban J connectivity index is 1.64. The predicted octanol–water partition coefficient (Wildman–Crippen LogP) is 5.48. The number of nitrogens with zero attached hydrogens (tertiary/aromatic N) is 3. The molecular formula is C34H31N3O4S. The van der Waals surface area contributed by atoms with Crippen LogP contribution in [0, 0.1) is 0 Å². The van der Waals surface area contributed by atoms with E-state index in [4.69, 9.17) is 14.5 Å². The number of thiazole rings is 1. The molecule has 0 aliphatic carbocycles. The number of carbonyl (C=O) groups excluding carboxylic acids is 1. The molecule has 0 unspecified atom stereocenters. The Labute approximate surface area is 247 Å². The second-order valence-electron chi connectivity index (χ2n) is 10.3. The Morgan fingerprint density at radius 2 is 1.74 bits per heavy atom. The van der Waals surface area contributed by atoms with Gasteiger partial charge in [0.05, 0.1) is 35.6 Å². The summed E-state index contributed by atoms with van der Waals surface area (Å²) in [5.41, 5.74) is 4.21. The standard InChI is InChI=1S/C34H31N3O4S/c1-5-41-33(39)29-30(22-11-7-6-8-12-22)35-34-37(31(29)23-15-17-25(40-4)18-16-23)32(38)28(42-34)19-24-20-36(21(2)3)27-14-10-9-13-26(24)27/h6-21,31H,5H2,1-4H3/b28-19-/t31-/m1/s1. The number of fused-ring (bicyclic) bond motifs is 2. The van der Waals surface area contributed by atoms with E-state index in [2.05, 4.69) is 36.7 Å². The first-order valence-electron chi connectivity index (χ1n) is 13.9. The maximum Gasteiger partial charge on any atom is 0.338 e. The molecule has 0 N–H and O–H groups in total. The van der Waals surface area contributed by atoms with E-state index < -0.39 is 12.0 Å². The van der Waals surface area contributed by atoms with Gasteiger partial charge in [-0.3, -0.25) is 9.36 Å². The van der Waals surface area contributed by atoms with Crippen molar-refractivity contribution >= 4 is 40.0 Å². The van der Waals surface area contributed by atoms with Crippen LogP contribution < -0.4 is 19.6 Å². The highest BCUT2D eigenvalue weighted by Crippen LogP contribution is 2.35. The summed E-state index contributed by atoms with van der Waals surface area (Å²) in [4.78, 5) is 33.3. The van der Waals surface area contributed by atoms with Gasteiger partial charge in [0.15, 0.2) is 4.80 Å². The van der Waals surface area contributed by atoms with Crippen molar-refractivity contribution in [1.82, 2.24) is 9.13 Å². The number of rotatable bonds is 7. The molecule has 6 rings (SSSR count). The normalized spacial score (nSPS) is 15.2. The van der Waals surface area contributed by atoms with Gasteiger partial charge in [0, 0.05) is 34.3 Å². The van der Waals surface area contributed by atoms with E-state index in [-0.39, 0.29) is 18.2 Å². The fourth-order valence-corrected chi connectivity index (χ4v) is 6.45. The first kappa shape index (κ1) is 27.5. The maximum atomic E-state index is 14.2. The van der Waals surface area contributed by atoms with Gasteiger partial charge >= 0.3 is 5.97 Å². The molecule has 0 saturated carbocycles. The number of para-hydroxylation sites is 1. The highest BCUT2D eigenvalue weighted by Gasteiger charge is 2.35. The Morgan fingerprint density at radius 1 is 1.02 bits per heavy atom. The van der Waals surface area contributed by atoms with Crippen molar-refractivity contribution in [2.75, 3.05) is 13.7 Å². The van der Waals surface area contributed by atoms with Crippen molar-refractivity contribution < 1.29 is 14.3 Å². The molecule has 1 aliphatic heterocycles. The molecule has 0 spiro atoms. The number of hydrogen-bond acceptors (Lipinski definition) is 6. The second kappa shape index (κ2) is 11.3. The molecule has 0 saturated heterocycles. The quantitative estimate of drug-likeness (QED) is 0.240. The third-order valence-corrected chi connectivity index (χ3v) is 8.40. The second-order valence-corrected chi connectivity index (χ2v) is 11.3. The molecule has 2 aromatic heterocycles. The van der Waals surface area contributed by atoms with Crippen molar-refractivity contribution in [2.24, 2.45) is 4.99 Å². The summed E-state index contributed by atoms with van der Waals surface area (Å²) in [6.07, 6.45) is 4.03. The summed E-state index contributed by atoms with van der Waals surface area (Å²) in [5, 5.41) is 1.07. The molecule has 0 fully saturated rings. The Bertz CT molecular complexity index is 2000. The lowest BCUT2D eigenvalue weighted by Gasteiger charge is -2.26. The van der Waals surface area contributed by atoms with E-state index in [1.807, 2.05) is 72.8 Å². The van der Waals surface area contributed by atoms with E-state index >= 15 is 0 Å². The van der Waals surface area contributed by atoms with Crippen molar-refractivity contribution in [3.05, 3.63) is 127 Å². The number of ether oxygens (including phenoxy) is 2. The molecule has 42 heavy (non-hydrogen) atoms. The largest absolute Gasteiger partial charge is 0.497 e. The minimum atomic E-state index is -0.736. The summed E-state index contributed by atoms with van der Waals surface area (Å²) >= 11 is 1.32. The third kappa shape index (κ3) is 4.77. The summed E-state index contributed by atoms with van der Waals surface area (Å²) in [5.74, 6) is 0.174. The molecule has 3 heterocycles. The first-order chi connectivity index (χ1) is 20.4. The molecule has 1 atom stereocenters. The van der Waals surface area contributed by atoms with Crippen LogP contribution in [0.15, 0.2) is 100 Å². The Kier molecular flexibility index (Phi) is 7.39. The van der Waals surface area contributed by atoms with Crippen molar-refractivity contribution in [1.29, 1.82) is 0 Å². The lowest BCUT2D eigenvalue weighted by Crippen LogP contribution is -2.40. The van der Waals surface area contributed by atoms with Crippen LogP contribution in [0.3, 0.4) is 0 Å². The van der Waals surface area contributed by atoms with Crippen molar-refractivity contribution in [3.8, 4) is 5.75 Å². The predicted molar refractivity (Wildman–Crippen MR) is 166 cm³/mol. The topological polar surface area (TPSA) is 74.8 Å². The van der Waals surface area contributed by atoms with Gasteiger partial charge in [0.25, 0.3) is 5.56 Å². The summed E-state index contributed by atoms with van der Waals surface area (Å²) in [6, 6.07) is 24.7. The molecule has 0 amide bonds. The molecule has 1 aliphatic rings. The first-order valence-corrected chi connectivity index (χ1v) is 14.7. The van der Waals surface area contributed by atoms with Crippen LogP contribution >= 0.6 is 11.3 Å². The van der Waals surface area contributed by atoms with E-state index in [0.29, 0.717) is 26.4 Å². The van der Waals surface area contributed by atoms with Gasteiger partial charge in [-0.2, -0.15) is 0 Å². The van der Waals surface area contributed by atoms with Gasteiger partial charge in [-0.15, -0.1) is 0 Å². The molecule has 212 valence electrons. The van der Waals surface area contributed by atoms with Gasteiger partial charge in [0.2, 0.25) is 0 Å². The molecule has 5 aromatic rings. The smallest absolute Gasteiger partial charge is 0.338 e. The lowest BCUT2D eigenvalue weighted by molar-refractivity contribution is -0.138. The van der Waals surface area contributed by atoms with Crippen molar-refractivity contribution in [3.63, 3.8) is 0 Å². The van der Waals surface area contributed by atoms with E-state index in [1.54, 1.807) is 18.6 Å². The Morgan fingerprint density at radius 3 is 2.43 bits per heavy atom. The fraction of sp³-hybridized carbons (Fsp3) is 0.206. The zero-order chi connectivity index (χ0) is 29.4. The zero-order valence-electron chi connectivity index (χ0n) is 23.9. The maximum absolute atomic E-state index is 14.2. The number of aromatic nitrogens is 2. The molecule has 3 aromatic carbocycles. The molecule has 7 nitrogen and oxygen atoms in total. The average molecular weight is 578 g/mol. The van der Waals surface area contributed by atoms with Crippen LogP contribution in [0.5, 0.6) is 5.75 Å². The highest BCUT2D eigenvalue weighted by molar-refractivity contribution is 7.07. The van der Waals surface area contributed by atoms with Crippen LogP contribution in [0.1, 0.15) is 49.5 Å². The van der Waals surface area contributed by atoms with Gasteiger partial charge in [-0.25, -0.2) is 9.79 Å². The van der Waals surface area contributed by atoms with Gasteiger partial charge in [0.1, 0.15) is 5.75 Å². The Hall–Kier alpha value is -4.69. The number of carbonyl (C=O) groups is 1. The number of hydrogen-bond donors (Lipinski definition) is 0. The van der Waals surface area contributed by atoms with Gasteiger partial charge in [-0.05, 0) is 50.6 Å². The van der Waals surface area contributed by atoms with Crippen LogP contribution in [0.25, 0.3) is 22.7 Å². The number of methoxy groups -OCH3 is 1. The van der Waals surface area contributed by atoms with Gasteiger partial charge in [-0.1, -0.05) is 72.0 Å². The SMILES string of the molecule is CCOC(=O)C1=C(c2ccccc2)N=c2s/c(=C\c3cn(C(C)C)c4ccccc34)c(=O)n2[C@@H]1c1ccc(OC)cc1. The molecule has 0 bridgehead atoms. The minimum absolute atomic E-state index is 0.198. The minimum Gasteiger partial charge on any atom is -0.497 e. The molecule has 8 heteroatoms. The van der Waals surface area contributed by atoms with Crippen molar-refractivity contribution in [2.45, 2.75) is 32.9 Å². The number of benzene rings is 3. The van der Waals surface area contributed by atoms with E-state index in [0.717, 1.165) is 27.6 Å². The third-order valence-electron chi connectivity index (χ3n) is 7.42. The van der Waals surface area contributed by atoms with E-state index in [9.17, 15) is 9.59 Å². The number of esters is 1. The highest BCUT2D eigenvalue weighted by atomic mass is 32.1. The molecule has 0 radical (unpaired) electrons. The summed E-state index contributed by atoms with van der Waals surface area (Å²) < 4.78 is 15.3. The van der Waals surface area contributed by atoms with Crippen LogP contribution in [-0.2, 0) is 9.53 Å².